The molecule has 1 aliphatic rings. The Labute approximate surface area is 202 Å². The lowest BCUT2D eigenvalue weighted by atomic mass is 10.1. The summed E-state index contributed by atoms with van der Waals surface area (Å²) in [7, 11) is 0. The van der Waals surface area contributed by atoms with Gasteiger partial charge in [-0.1, -0.05) is 50.2 Å². The van der Waals surface area contributed by atoms with Crippen molar-refractivity contribution >= 4 is 17.8 Å². The van der Waals surface area contributed by atoms with Gasteiger partial charge in [-0.05, 0) is 37.1 Å². The molecule has 0 radical (unpaired) electrons. The average Bonchev–Trinajstić information content (AvgIpc) is 3.21. The van der Waals surface area contributed by atoms with Crippen molar-refractivity contribution in [1.29, 1.82) is 0 Å². The minimum absolute atomic E-state index is 0.128. The number of nitrogen functional groups attached to an aromatic ring is 1. The van der Waals surface area contributed by atoms with E-state index in [1.165, 1.54) is 4.57 Å². The van der Waals surface area contributed by atoms with Crippen molar-refractivity contribution in [3.8, 4) is 0 Å². The maximum atomic E-state index is 13.0. The van der Waals surface area contributed by atoms with Crippen LogP contribution in [0.5, 0.6) is 0 Å². The quantitative estimate of drug-likeness (QED) is 0.515. The van der Waals surface area contributed by atoms with Crippen molar-refractivity contribution in [3.63, 3.8) is 0 Å². The molecule has 4 rings (SSSR count). The van der Waals surface area contributed by atoms with Gasteiger partial charge in [-0.25, -0.2) is 14.4 Å². The highest BCUT2D eigenvalue weighted by atomic mass is 16.6. The smallest absolute Gasteiger partial charge is 0.351 e. The Bertz CT molecular complexity index is 1240. The van der Waals surface area contributed by atoms with E-state index in [1.807, 2.05) is 13.8 Å². The molecule has 0 amide bonds. The highest BCUT2D eigenvalue weighted by Gasteiger charge is 2.50. The van der Waals surface area contributed by atoms with Crippen LogP contribution in [0.3, 0.4) is 0 Å². The molecule has 1 unspecified atom stereocenters. The maximum absolute atomic E-state index is 13.0. The Hall–Kier alpha value is -3.98. The molecule has 2 heterocycles. The van der Waals surface area contributed by atoms with E-state index in [2.05, 4.69) is 4.98 Å². The molecule has 1 aliphatic heterocycles. The van der Waals surface area contributed by atoms with Crippen LogP contribution in [-0.2, 0) is 20.6 Å². The SMILES string of the molecule is CCc1cn([C@@H]2O[C@H](CC)C(OC(=O)c3ccccc3)[C@@H]2OC(=O)c2ccccc2)c(=O)nc1N. The van der Waals surface area contributed by atoms with E-state index in [0.717, 1.165) is 0 Å². The first kappa shape index (κ1) is 24.2. The first-order chi connectivity index (χ1) is 16.9. The van der Waals surface area contributed by atoms with E-state index in [4.69, 9.17) is 19.9 Å². The largest absolute Gasteiger partial charge is 0.452 e. The summed E-state index contributed by atoms with van der Waals surface area (Å²) in [6.07, 6.45) is -1.23. The van der Waals surface area contributed by atoms with Gasteiger partial charge in [0.25, 0.3) is 0 Å². The molecule has 2 aromatic carbocycles. The summed E-state index contributed by atoms with van der Waals surface area (Å²) in [5.74, 6) is -1.09. The molecule has 9 nitrogen and oxygen atoms in total. The van der Waals surface area contributed by atoms with Crippen molar-refractivity contribution in [2.24, 2.45) is 0 Å². The third kappa shape index (κ3) is 5.09. The molecule has 4 atom stereocenters. The van der Waals surface area contributed by atoms with E-state index in [0.29, 0.717) is 29.5 Å². The Morgan fingerprint density at radius 3 is 2.00 bits per heavy atom. The minimum atomic E-state index is -1.10. The van der Waals surface area contributed by atoms with E-state index >= 15 is 0 Å². The van der Waals surface area contributed by atoms with Crippen LogP contribution in [0.1, 0.15) is 52.8 Å². The average molecular weight is 478 g/mol. The summed E-state index contributed by atoms with van der Waals surface area (Å²) >= 11 is 0. The van der Waals surface area contributed by atoms with Crippen molar-refractivity contribution in [2.75, 3.05) is 5.73 Å². The minimum Gasteiger partial charge on any atom is -0.452 e. The lowest BCUT2D eigenvalue weighted by Crippen LogP contribution is -2.41. The molecule has 0 saturated carbocycles. The van der Waals surface area contributed by atoms with E-state index in [9.17, 15) is 14.4 Å². The number of nitrogens with zero attached hydrogens (tertiary/aromatic N) is 2. The number of rotatable bonds is 7. The first-order valence-corrected chi connectivity index (χ1v) is 11.5. The highest BCUT2D eigenvalue weighted by Crippen LogP contribution is 2.36. The Balaban J connectivity index is 1.73. The number of anilines is 1. The van der Waals surface area contributed by atoms with Crippen molar-refractivity contribution in [2.45, 2.75) is 51.2 Å². The number of esters is 2. The Morgan fingerprint density at radius 1 is 0.943 bits per heavy atom. The maximum Gasteiger partial charge on any atom is 0.351 e. The van der Waals surface area contributed by atoms with Gasteiger partial charge in [-0.2, -0.15) is 4.98 Å². The van der Waals surface area contributed by atoms with Gasteiger partial charge in [0.05, 0.1) is 11.1 Å². The number of hydrogen-bond donors (Lipinski definition) is 1. The zero-order valence-electron chi connectivity index (χ0n) is 19.5. The number of carbonyl (C=O) groups is 2. The predicted molar refractivity (Wildman–Crippen MR) is 128 cm³/mol. The van der Waals surface area contributed by atoms with Gasteiger partial charge < -0.3 is 19.9 Å². The van der Waals surface area contributed by atoms with E-state index < -0.39 is 42.2 Å². The fraction of sp³-hybridized carbons (Fsp3) is 0.308. The van der Waals surface area contributed by atoms with Gasteiger partial charge in [0.2, 0.25) is 0 Å². The zero-order valence-corrected chi connectivity index (χ0v) is 19.5. The number of hydrogen-bond acceptors (Lipinski definition) is 8. The second kappa shape index (κ2) is 10.5. The van der Waals surface area contributed by atoms with E-state index in [-0.39, 0.29) is 5.82 Å². The highest BCUT2D eigenvalue weighted by molar-refractivity contribution is 5.90. The fourth-order valence-corrected chi connectivity index (χ4v) is 4.04. The molecule has 182 valence electrons. The number of carbonyl (C=O) groups excluding carboxylic acids is 2. The lowest BCUT2D eigenvalue weighted by molar-refractivity contribution is -0.0526. The second-order valence-corrected chi connectivity index (χ2v) is 8.14. The molecule has 9 heteroatoms. The van der Waals surface area contributed by atoms with Crippen LogP contribution in [0, 0.1) is 0 Å². The molecule has 0 bridgehead atoms. The molecule has 0 aliphatic carbocycles. The van der Waals surface area contributed by atoms with Crippen molar-refractivity contribution < 1.29 is 23.8 Å². The van der Waals surface area contributed by atoms with Gasteiger partial charge in [-0.3, -0.25) is 4.57 Å². The summed E-state index contributed by atoms with van der Waals surface area (Å²) in [6, 6.07) is 16.9. The summed E-state index contributed by atoms with van der Waals surface area (Å²) < 4.78 is 19.1. The summed E-state index contributed by atoms with van der Waals surface area (Å²) in [4.78, 5) is 42.6. The zero-order chi connectivity index (χ0) is 24.9. The van der Waals surface area contributed by atoms with Gasteiger partial charge in [-0.15, -0.1) is 0 Å². The Morgan fingerprint density at radius 2 is 1.49 bits per heavy atom. The molecular formula is C26H27N3O6. The number of ether oxygens (including phenoxy) is 3. The van der Waals surface area contributed by atoms with Crippen LogP contribution in [0.15, 0.2) is 71.7 Å². The van der Waals surface area contributed by atoms with Crippen LogP contribution in [0.4, 0.5) is 5.82 Å². The molecule has 3 aromatic rings. The molecule has 35 heavy (non-hydrogen) atoms. The third-order valence-corrected chi connectivity index (χ3v) is 5.91. The van der Waals surface area contributed by atoms with Crippen LogP contribution in [0.25, 0.3) is 0 Å². The molecule has 2 N–H and O–H groups in total. The van der Waals surface area contributed by atoms with Crippen LogP contribution >= 0.6 is 0 Å². The fourth-order valence-electron chi connectivity index (χ4n) is 4.04. The van der Waals surface area contributed by atoms with E-state index in [1.54, 1.807) is 66.9 Å². The van der Waals surface area contributed by atoms with Gasteiger partial charge in [0, 0.05) is 11.8 Å². The van der Waals surface area contributed by atoms with Crippen LogP contribution in [0.2, 0.25) is 0 Å². The predicted octanol–water partition coefficient (Wildman–Crippen LogP) is 3.15. The molecule has 1 aromatic heterocycles. The number of aromatic nitrogens is 2. The van der Waals surface area contributed by atoms with Gasteiger partial charge >= 0.3 is 17.6 Å². The number of benzene rings is 2. The Kier molecular flexibility index (Phi) is 7.26. The molecule has 0 spiro atoms. The standard InChI is InChI=1S/C26H27N3O6/c1-3-16-15-29(26(32)28-22(16)27)23-21(35-25(31)18-13-9-6-10-14-18)20(19(4-2)33-23)34-24(30)17-11-7-5-8-12-17/h5-15,19-21,23H,3-4H2,1-2H3,(H2,27,28,32)/t19-,20?,21+,23-/m1/s1. The number of aryl methyl sites for hydroxylation is 1. The number of nitrogens with two attached hydrogens (primary N) is 1. The normalized spacial score (nSPS) is 21.4. The summed E-state index contributed by atoms with van der Waals surface area (Å²) in [5, 5.41) is 0. The molecule has 1 fully saturated rings. The van der Waals surface area contributed by atoms with Crippen LogP contribution < -0.4 is 11.4 Å². The summed E-state index contributed by atoms with van der Waals surface area (Å²) in [5.41, 5.74) is 6.52. The lowest BCUT2D eigenvalue weighted by Gasteiger charge is -2.25. The molecular weight excluding hydrogens is 450 g/mol. The summed E-state index contributed by atoms with van der Waals surface area (Å²) in [6.45, 7) is 3.73. The topological polar surface area (TPSA) is 123 Å². The first-order valence-electron chi connectivity index (χ1n) is 11.5. The second-order valence-electron chi connectivity index (χ2n) is 8.14. The van der Waals surface area contributed by atoms with Gasteiger partial charge in [0.1, 0.15) is 11.9 Å². The van der Waals surface area contributed by atoms with Gasteiger partial charge in [0.15, 0.2) is 18.4 Å². The van der Waals surface area contributed by atoms with Crippen molar-refractivity contribution in [1.82, 2.24) is 9.55 Å². The van der Waals surface area contributed by atoms with Crippen molar-refractivity contribution in [3.05, 3.63) is 94.0 Å². The third-order valence-electron chi connectivity index (χ3n) is 5.91. The molecule has 1 saturated heterocycles. The van der Waals surface area contributed by atoms with Crippen LogP contribution in [-0.4, -0.2) is 39.8 Å². The monoisotopic (exact) mass is 477 g/mol.